The lowest BCUT2D eigenvalue weighted by Gasteiger charge is -2.11. The number of carbonyl (C=O) groups excluding carboxylic acids is 1. The van der Waals surface area contributed by atoms with E-state index >= 15 is 0 Å². The second kappa shape index (κ2) is 9.79. The van der Waals surface area contributed by atoms with Crippen LogP contribution in [-0.4, -0.2) is 26.4 Å². The second-order valence-electron chi connectivity index (χ2n) is 8.08. The van der Waals surface area contributed by atoms with Gasteiger partial charge in [-0.2, -0.15) is 18.3 Å². The minimum Gasteiger partial charge on any atom is -0.380 e. The maximum absolute atomic E-state index is 13.8. The summed E-state index contributed by atoms with van der Waals surface area (Å²) in [5, 5.41) is 7.78. The number of nitrogens with two attached hydrogens (primary N) is 1. The number of halogens is 5. The van der Waals surface area contributed by atoms with Crippen molar-refractivity contribution in [3.63, 3.8) is 0 Å². The number of hydrogen-bond acceptors (Lipinski definition) is 5. The number of carbonyl (C=O) groups is 1. The number of fused-ring (bicyclic) bond motifs is 1. The van der Waals surface area contributed by atoms with Gasteiger partial charge in [-0.15, -0.1) is 0 Å². The van der Waals surface area contributed by atoms with Crippen molar-refractivity contribution in [2.24, 2.45) is 10.9 Å². The molecule has 2 heterocycles. The molecule has 4 aromatic rings. The zero-order chi connectivity index (χ0) is 26.2. The summed E-state index contributed by atoms with van der Waals surface area (Å²) in [7, 11) is 0. The fraction of sp³-hybridized carbons (Fsp3) is 0.167. The minimum atomic E-state index is -4.77. The van der Waals surface area contributed by atoms with Crippen LogP contribution in [0, 0.1) is 0 Å². The quantitative estimate of drug-likeness (QED) is 0.139. The first-order chi connectivity index (χ1) is 16.9. The fourth-order valence-corrected chi connectivity index (χ4v) is 3.85. The molecule has 0 bridgehead atoms. The van der Waals surface area contributed by atoms with Crippen LogP contribution in [0.1, 0.15) is 47.1 Å². The molecule has 0 amide bonds. The van der Waals surface area contributed by atoms with Gasteiger partial charge in [0.1, 0.15) is 0 Å². The highest BCUT2D eigenvalue weighted by Gasteiger charge is 2.36. The standard InChI is InChI=1S/C24H18Cl2F3N5O2/c1-12(2)13-3-5-14(6-4-13)18-10-20(24(27,28)29)34-21(31-18)11-19(32-34)23(35)36-33-22(30)16-8-7-15(25)9-17(16)26/h3-12H,1-2H3,(H2,30,33). The lowest BCUT2D eigenvalue weighted by molar-refractivity contribution is -0.142. The largest absolute Gasteiger partial charge is 0.433 e. The smallest absolute Gasteiger partial charge is 0.380 e. The Bertz CT molecular complexity index is 1480. The fourth-order valence-electron chi connectivity index (χ4n) is 3.35. The van der Waals surface area contributed by atoms with E-state index < -0.39 is 23.5 Å². The highest BCUT2D eigenvalue weighted by molar-refractivity contribution is 6.36. The molecule has 0 aliphatic heterocycles. The molecule has 4 rings (SSSR count). The van der Waals surface area contributed by atoms with Crippen LogP contribution in [0.2, 0.25) is 10.0 Å². The van der Waals surface area contributed by atoms with Gasteiger partial charge >= 0.3 is 12.1 Å². The molecule has 0 aliphatic rings. The minimum absolute atomic E-state index is 0.0737. The molecule has 0 fully saturated rings. The molecule has 2 aromatic carbocycles. The van der Waals surface area contributed by atoms with Crippen LogP contribution in [-0.2, 0) is 11.0 Å². The zero-order valence-electron chi connectivity index (χ0n) is 18.8. The van der Waals surface area contributed by atoms with Crippen molar-refractivity contribution < 1.29 is 22.8 Å². The predicted molar refractivity (Wildman–Crippen MR) is 130 cm³/mol. The molecule has 0 spiro atoms. The molecule has 0 atom stereocenters. The van der Waals surface area contributed by atoms with E-state index in [9.17, 15) is 18.0 Å². The topological polar surface area (TPSA) is 94.9 Å². The van der Waals surface area contributed by atoms with Crippen molar-refractivity contribution in [2.45, 2.75) is 25.9 Å². The highest BCUT2D eigenvalue weighted by atomic mass is 35.5. The van der Waals surface area contributed by atoms with Gasteiger partial charge in [-0.1, -0.05) is 66.5 Å². The summed E-state index contributed by atoms with van der Waals surface area (Å²) in [6, 6.07) is 13.4. The number of oxime groups is 1. The van der Waals surface area contributed by atoms with E-state index in [0.29, 0.717) is 15.1 Å². The molecule has 7 nitrogen and oxygen atoms in total. The SMILES string of the molecule is CC(C)c1ccc(-c2cc(C(F)(F)F)n3nc(C(=O)O/N=C(\N)c4ccc(Cl)cc4Cl)cc3n2)cc1. The van der Waals surface area contributed by atoms with Crippen molar-refractivity contribution in [3.8, 4) is 11.3 Å². The third kappa shape index (κ3) is 5.29. The molecule has 2 aromatic heterocycles. The Hall–Kier alpha value is -3.63. The van der Waals surface area contributed by atoms with Crippen molar-refractivity contribution >= 4 is 40.7 Å². The maximum atomic E-state index is 13.8. The van der Waals surface area contributed by atoms with Crippen LogP contribution in [0.4, 0.5) is 13.2 Å². The molecule has 186 valence electrons. The van der Waals surface area contributed by atoms with Gasteiger partial charge in [-0.05, 0) is 35.7 Å². The summed E-state index contributed by atoms with van der Waals surface area (Å²) in [6.07, 6.45) is -4.77. The van der Waals surface area contributed by atoms with Crippen LogP contribution in [0.5, 0.6) is 0 Å². The summed E-state index contributed by atoms with van der Waals surface area (Å²) in [5.74, 6) is -1.12. The molecular weight excluding hydrogens is 518 g/mol. The van der Waals surface area contributed by atoms with E-state index in [0.717, 1.165) is 17.7 Å². The van der Waals surface area contributed by atoms with E-state index in [-0.39, 0.29) is 33.7 Å². The van der Waals surface area contributed by atoms with Crippen LogP contribution in [0.25, 0.3) is 16.9 Å². The maximum Gasteiger partial charge on any atom is 0.433 e. The molecule has 2 N–H and O–H groups in total. The van der Waals surface area contributed by atoms with Gasteiger partial charge in [0.2, 0.25) is 0 Å². The number of hydrogen-bond donors (Lipinski definition) is 1. The number of nitrogens with zero attached hydrogens (tertiary/aromatic N) is 4. The molecule has 0 saturated heterocycles. The molecule has 36 heavy (non-hydrogen) atoms. The van der Waals surface area contributed by atoms with Crippen LogP contribution < -0.4 is 5.73 Å². The molecule has 0 radical (unpaired) electrons. The summed E-state index contributed by atoms with van der Waals surface area (Å²) >= 11 is 11.9. The van der Waals surface area contributed by atoms with Crippen molar-refractivity contribution in [1.82, 2.24) is 14.6 Å². The van der Waals surface area contributed by atoms with Gasteiger partial charge in [0, 0.05) is 22.2 Å². The lowest BCUT2D eigenvalue weighted by Crippen LogP contribution is -2.16. The molecule has 0 unspecified atom stereocenters. The van der Waals surface area contributed by atoms with Gasteiger partial charge in [0.05, 0.1) is 10.7 Å². The van der Waals surface area contributed by atoms with Crippen molar-refractivity contribution in [3.05, 3.63) is 87.2 Å². The summed E-state index contributed by atoms with van der Waals surface area (Å²) in [4.78, 5) is 21.5. The highest BCUT2D eigenvalue weighted by Crippen LogP contribution is 2.33. The molecule has 0 aliphatic carbocycles. The summed E-state index contributed by atoms with van der Waals surface area (Å²) in [5.41, 5.74) is 5.89. The van der Waals surface area contributed by atoms with Gasteiger partial charge in [-0.3, -0.25) is 0 Å². The zero-order valence-corrected chi connectivity index (χ0v) is 20.4. The van der Waals surface area contributed by atoms with Crippen LogP contribution >= 0.6 is 23.2 Å². The number of benzene rings is 2. The van der Waals surface area contributed by atoms with Gasteiger partial charge in [0.25, 0.3) is 0 Å². The Morgan fingerprint density at radius 3 is 2.39 bits per heavy atom. The van der Waals surface area contributed by atoms with Crippen LogP contribution in [0.3, 0.4) is 0 Å². The Labute approximate surface area is 213 Å². The Balaban J connectivity index is 1.68. The number of amidine groups is 1. The average Bonchev–Trinajstić information content (AvgIpc) is 3.25. The van der Waals surface area contributed by atoms with Crippen molar-refractivity contribution in [1.29, 1.82) is 0 Å². The average molecular weight is 536 g/mol. The monoisotopic (exact) mass is 535 g/mol. The van der Waals surface area contributed by atoms with E-state index in [1.165, 1.54) is 18.2 Å². The first-order valence-electron chi connectivity index (χ1n) is 10.5. The van der Waals surface area contributed by atoms with Gasteiger partial charge < -0.3 is 10.6 Å². The first kappa shape index (κ1) is 25.5. The number of aromatic nitrogens is 3. The molecule has 0 saturated carbocycles. The summed E-state index contributed by atoms with van der Waals surface area (Å²) in [6.45, 7) is 4.02. The van der Waals surface area contributed by atoms with E-state index in [1.807, 2.05) is 26.0 Å². The van der Waals surface area contributed by atoms with Crippen molar-refractivity contribution in [2.75, 3.05) is 0 Å². The third-order valence-electron chi connectivity index (χ3n) is 5.23. The van der Waals surface area contributed by atoms with E-state index in [4.69, 9.17) is 33.8 Å². The van der Waals surface area contributed by atoms with Gasteiger partial charge in [-0.25, -0.2) is 14.3 Å². The van der Waals surface area contributed by atoms with Crippen LogP contribution in [0.15, 0.2) is 59.8 Å². The van der Waals surface area contributed by atoms with E-state index in [2.05, 4.69) is 15.2 Å². The second-order valence-corrected chi connectivity index (χ2v) is 8.92. The first-order valence-corrected chi connectivity index (χ1v) is 11.3. The molecule has 12 heteroatoms. The molecular formula is C24H18Cl2F3N5O2. The normalized spacial score (nSPS) is 12.4. The Morgan fingerprint density at radius 1 is 1.08 bits per heavy atom. The Morgan fingerprint density at radius 2 is 1.78 bits per heavy atom. The number of alkyl halides is 3. The predicted octanol–water partition coefficient (Wildman–Crippen LogP) is 6.32. The lowest BCUT2D eigenvalue weighted by atomic mass is 10.0. The number of rotatable bonds is 5. The Kier molecular flexibility index (Phi) is 6.92. The third-order valence-corrected chi connectivity index (χ3v) is 5.78. The van der Waals surface area contributed by atoms with Gasteiger partial charge in [0.15, 0.2) is 22.9 Å². The van der Waals surface area contributed by atoms with E-state index in [1.54, 1.807) is 12.1 Å². The summed E-state index contributed by atoms with van der Waals surface area (Å²) < 4.78 is 42.0.